The zero-order valence-electron chi connectivity index (χ0n) is 16.6. The standard InChI is InChI=1S/C25H30O2/c1-18(2)22-15-13-19(3)17-24(22)27-25(26)16-14-21-11-7-8-12-23(21)20-9-5-4-6-10-20/h4-12,14,16,18-19,22,24H,13,15,17H2,1-3H3. The van der Waals surface area contributed by atoms with Crippen molar-refractivity contribution < 1.29 is 9.53 Å². The molecule has 1 aliphatic carbocycles. The Balaban J connectivity index is 1.72. The number of esters is 1. The largest absolute Gasteiger partial charge is 0.459 e. The monoisotopic (exact) mass is 362 g/mol. The molecule has 1 fully saturated rings. The second-order valence-electron chi connectivity index (χ2n) is 8.09. The first kappa shape index (κ1) is 19.4. The zero-order valence-corrected chi connectivity index (χ0v) is 16.6. The van der Waals surface area contributed by atoms with Crippen LogP contribution < -0.4 is 0 Å². The number of benzene rings is 2. The summed E-state index contributed by atoms with van der Waals surface area (Å²) in [5.41, 5.74) is 3.29. The van der Waals surface area contributed by atoms with E-state index in [4.69, 9.17) is 4.74 Å². The first-order chi connectivity index (χ1) is 13.0. The van der Waals surface area contributed by atoms with Gasteiger partial charge in [-0.05, 0) is 53.4 Å². The fourth-order valence-electron chi connectivity index (χ4n) is 4.12. The van der Waals surface area contributed by atoms with E-state index in [2.05, 4.69) is 39.0 Å². The van der Waals surface area contributed by atoms with Gasteiger partial charge in [0.05, 0.1) is 0 Å². The highest BCUT2D eigenvalue weighted by molar-refractivity contribution is 5.89. The molecule has 3 rings (SSSR count). The number of ether oxygens (including phenoxy) is 1. The summed E-state index contributed by atoms with van der Waals surface area (Å²) in [5, 5.41) is 0. The number of rotatable bonds is 5. The molecule has 3 atom stereocenters. The van der Waals surface area contributed by atoms with Crippen LogP contribution in [0.4, 0.5) is 0 Å². The normalized spacial score (nSPS) is 22.9. The Hall–Kier alpha value is -2.35. The maximum absolute atomic E-state index is 12.5. The molecule has 2 heteroatoms. The maximum Gasteiger partial charge on any atom is 0.331 e. The highest BCUT2D eigenvalue weighted by Crippen LogP contribution is 2.35. The van der Waals surface area contributed by atoms with Crippen LogP contribution in [0.3, 0.4) is 0 Å². The third-order valence-corrected chi connectivity index (χ3v) is 5.67. The molecule has 27 heavy (non-hydrogen) atoms. The van der Waals surface area contributed by atoms with E-state index in [9.17, 15) is 4.79 Å². The van der Waals surface area contributed by atoms with Gasteiger partial charge in [0.1, 0.15) is 6.10 Å². The van der Waals surface area contributed by atoms with Crippen molar-refractivity contribution in [1.29, 1.82) is 0 Å². The topological polar surface area (TPSA) is 26.3 Å². The van der Waals surface area contributed by atoms with E-state index in [1.54, 1.807) is 6.08 Å². The number of hydrogen-bond donors (Lipinski definition) is 0. The van der Waals surface area contributed by atoms with Gasteiger partial charge in [-0.1, -0.05) is 81.8 Å². The van der Waals surface area contributed by atoms with E-state index in [1.807, 2.05) is 42.5 Å². The van der Waals surface area contributed by atoms with E-state index >= 15 is 0 Å². The molecule has 0 aliphatic heterocycles. The van der Waals surface area contributed by atoms with Crippen LogP contribution in [0.5, 0.6) is 0 Å². The summed E-state index contributed by atoms with van der Waals surface area (Å²) in [6, 6.07) is 18.4. The highest BCUT2D eigenvalue weighted by Gasteiger charge is 2.32. The molecule has 0 heterocycles. The van der Waals surface area contributed by atoms with Gasteiger partial charge in [-0.3, -0.25) is 0 Å². The van der Waals surface area contributed by atoms with E-state index in [0.717, 1.165) is 29.5 Å². The van der Waals surface area contributed by atoms with Gasteiger partial charge < -0.3 is 4.74 Å². The van der Waals surface area contributed by atoms with Crippen molar-refractivity contribution in [2.75, 3.05) is 0 Å². The summed E-state index contributed by atoms with van der Waals surface area (Å²) in [6.07, 6.45) is 6.85. The third kappa shape index (κ3) is 5.09. The van der Waals surface area contributed by atoms with E-state index in [0.29, 0.717) is 17.8 Å². The fourth-order valence-corrected chi connectivity index (χ4v) is 4.12. The van der Waals surface area contributed by atoms with Crippen molar-refractivity contribution in [3.63, 3.8) is 0 Å². The van der Waals surface area contributed by atoms with Gasteiger partial charge in [0.2, 0.25) is 0 Å². The van der Waals surface area contributed by atoms with E-state index < -0.39 is 0 Å². The Morgan fingerprint density at radius 2 is 1.74 bits per heavy atom. The molecule has 0 N–H and O–H groups in total. The van der Waals surface area contributed by atoms with Gasteiger partial charge >= 0.3 is 5.97 Å². The van der Waals surface area contributed by atoms with Crippen LogP contribution in [0.25, 0.3) is 17.2 Å². The molecule has 2 nitrogen and oxygen atoms in total. The van der Waals surface area contributed by atoms with Gasteiger partial charge in [0.15, 0.2) is 0 Å². The Kier molecular flexibility index (Phi) is 6.49. The summed E-state index contributed by atoms with van der Waals surface area (Å²) in [7, 11) is 0. The van der Waals surface area contributed by atoms with Crippen LogP contribution in [0, 0.1) is 17.8 Å². The Morgan fingerprint density at radius 1 is 1.04 bits per heavy atom. The number of carbonyl (C=O) groups is 1. The number of hydrogen-bond acceptors (Lipinski definition) is 2. The van der Waals surface area contributed by atoms with Gasteiger partial charge in [-0.25, -0.2) is 4.79 Å². The van der Waals surface area contributed by atoms with Crippen molar-refractivity contribution in [2.24, 2.45) is 17.8 Å². The fraction of sp³-hybridized carbons (Fsp3) is 0.400. The van der Waals surface area contributed by atoms with Crippen molar-refractivity contribution in [3.05, 3.63) is 66.2 Å². The average molecular weight is 363 g/mol. The molecule has 2 aromatic rings. The summed E-state index contributed by atoms with van der Waals surface area (Å²) in [5.74, 6) is 1.40. The second kappa shape index (κ2) is 9.03. The van der Waals surface area contributed by atoms with Gasteiger partial charge in [0.25, 0.3) is 0 Å². The van der Waals surface area contributed by atoms with Crippen LogP contribution in [0.15, 0.2) is 60.7 Å². The van der Waals surface area contributed by atoms with Crippen LogP contribution in [-0.2, 0) is 9.53 Å². The molecule has 0 spiro atoms. The lowest BCUT2D eigenvalue weighted by molar-refractivity contribution is -0.149. The predicted molar refractivity (Wildman–Crippen MR) is 112 cm³/mol. The Bertz CT molecular complexity index is 776. The van der Waals surface area contributed by atoms with Crippen LogP contribution in [0.1, 0.15) is 45.6 Å². The maximum atomic E-state index is 12.5. The van der Waals surface area contributed by atoms with E-state index in [1.165, 1.54) is 6.42 Å². The lowest BCUT2D eigenvalue weighted by Crippen LogP contribution is -2.35. The van der Waals surface area contributed by atoms with Gasteiger partial charge in [-0.15, -0.1) is 0 Å². The minimum Gasteiger partial charge on any atom is -0.459 e. The molecular formula is C25H30O2. The average Bonchev–Trinajstić information content (AvgIpc) is 2.67. The van der Waals surface area contributed by atoms with E-state index in [-0.39, 0.29) is 12.1 Å². The first-order valence-corrected chi connectivity index (χ1v) is 10.1. The summed E-state index contributed by atoms with van der Waals surface area (Å²) >= 11 is 0. The second-order valence-corrected chi connectivity index (χ2v) is 8.09. The van der Waals surface area contributed by atoms with Crippen molar-refractivity contribution in [3.8, 4) is 11.1 Å². The molecule has 0 saturated heterocycles. The third-order valence-electron chi connectivity index (χ3n) is 5.67. The molecule has 142 valence electrons. The van der Waals surface area contributed by atoms with Crippen LogP contribution in [0.2, 0.25) is 0 Å². The number of carbonyl (C=O) groups excluding carboxylic acids is 1. The first-order valence-electron chi connectivity index (χ1n) is 10.1. The van der Waals surface area contributed by atoms with Crippen molar-refractivity contribution in [1.82, 2.24) is 0 Å². The molecule has 0 amide bonds. The zero-order chi connectivity index (χ0) is 19.2. The Morgan fingerprint density at radius 3 is 2.48 bits per heavy atom. The van der Waals surface area contributed by atoms with Crippen LogP contribution >= 0.6 is 0 Å². The molecule has 3 unspecified atom stereocenters. The minimum atomic E-state index is -0.234. The SMILES string of the molecule is CC1CCC(C(C)C)C(OC(=O)C=Cc2ccccc2-c2ccccc2)C1. The quantitative estimate of drug-likeness (QED) is 0.456. The molecule has 2 aromatic carbocycles. The lowest BCUT2D eigenvalue weighted by atomic mass is 9.75. The molecule has 1 saturated carbocycles. The van der Waals surface area contributed by atoms with Gasteiger partial charge in [-0.2, -0.15) is 0 Å². The Labute approximate surface area is 163 Å². The smallest absolute Gasteiger partial charge is 0.331 e. The van der Waals surface area contributed by atoms with Crippen molar-refractivity contribution >= 4 is 12.0 Å². The molecule has 0 radical (unpaired) electrons. The highest BCUT2D eigenvalue weighted by atomic mass is 16.5. The molecule has 0 bridgehead atoms. The van der Waals surface area contributed by atoms with Gasteiger partial charge in [0, 0.05) is 6.08 Å². The predicted octanol–water partition coefficient (Wildman–Crippen LogP) is 6.37. The molecule has 0 aromatic heterocycles. The summed E-state index contributed by atoms with van der Waals surface area (Å²) < 4.78 is 5.88. The summed E-state index contributed by atoms with van der Waals surface area (Å²) in [6.45, 7) is 6.71. The lowest BCUT2D eigenvalue weighted by Gasteiger charge is -2.36. The van der Waals surface area contributed by atoms with Crippen LogP contribution in [-0.4, -0.2) is 12.1 Å². The van der Waals surface area contributed by atoms with Crippen molar-refractivity contribution in [2.45, 2.75) is 46.1 Å². The molecular weight excluding hydrogens is 332 g/mol. The minimum absolute atomic E-state index is 0.0373. The molecule has 1 aliphatic rings. The summed E-state index contributed by atoms with van der Waals surface area (Å²) in [4.78, 5) is 12.5.